The molecular weight excluding hydrogens is 278 g/mol. The summed E-state index contributed by atoms with van der Waals surface area (Å²) >= 11 is 0. The molecule has 0 bridgehead atoms. The molecule has 2 rings (SSSR count). The molecule has 0 aromatic carbocycles. The SMILES string of the molecule is NC(=O)CC[C@@H](C(N)=O)N1CC2(CCCCC2)C1=O.S. The van der Waals surface area contributed by atoms with Gasteiger partial charge in [0.25, 0.3) is 0 Å². The Morgan fingerprint density at radius 2 is 1.80 bits per heavy atom. The van der Waals surface area contributed by atoms with Crippen LogP contribution < -0.4 is 11.5 Å². The topological polar surface area (TPSA) is 106 Å². The second-order valence-corrected chi connectivity index (χ2v) is 5.70. The molecule has 0 aromatic heterocycles. The molecule has 1 saturated heterocycles. The number of carbonyl (C=O) groups excluding carboxylic acids is 3. The molecule has 20 heavy (non-hydrogen) atoms. The smallest absolute Gasteiger partial charge is 0.240 e. The van der Waals surface area contributed by atoms with E-state index in [1.807, 2.05) is 0 Å². The van der Waals surface area contributed by atoms with Gasteiger partial charge in [-0.05, 0) is 19.3 Å². The molecule has 4 N–H and O–H groups in total. The zero-order chi connectivity index (χ0) is 14.0. The Hall–Kier alpha value is -1.24. The fourth-order valence-electron chi connectivity index (χ4n) is 3.26. The predicted molar refractivity (Wildman–Crippen MR) is 79.0 cm³/mol. The van der Waals surface area contributed by atoms with Crippen LogP contribution in [0.5, 0.6) is 0 Å². The number of carbonyl (C=O) groups is 3. The van der Waals surface area contributed by atoms with Gasteiger partial charge in [0, 0.05) is 13.0 Å². The summed E-state index contributed by atoms with van der Waals surface area (Å²) in [5.41, 5.74) is 10.2. The van der Waals surface area contributed by atoms with Crippen molar-refractivity contribution in [2.24, 2.45) is 16.9 Å². The van der Waals surface area contributed by atoms with Gasteiger partial charge in [-0.1, -0.05) is 19.3 Å². The molecule has 1 atom stereocenters. The van der Waals surface area contributed by atoms with Crippen LogP contribution in [-0.2, 0) is 14.4 Å². The van der Waals surface area contributed by atoms with Gasteiger partial charge in [0.1, 0.15) is 6.04 Å². The minimum absolute atomic E-state index is 0. The van der Waals surface area contributed by atoms with Crippen molar-refractivity contribution in [2.45, 2.75) is 51.0 Å². The van der Waals surface area contributed by atoms with Crippen LogP contribution in [0.3, 0.4) is 0 Å². The van der Waals surface area contributed by atoms with Crippen molar-refractivity contribution < 1.29 is 14.4 Å². The first-order chi connectivity index (χ1) is 8.96. The first kappa shape index (κ1) is 16.8. The third kappa shape index (κ3) is 3.08. The number of nitrogens with two attached hydrogens (primary N) is 2. The highest BCUT2D eigenvalue weighted by molar-refractivity contribution is 7.59. The lowest BCUT2D eigenvalue weighted by molar-refractivity contribution is -0.171. The van der Waals surface area contributed by atoms with E-state index < -0.39 is 17.9 Å². The Morgan fingerprint density at radius 1 is 1.20 bits per heavy atom. The largest absolute Gasteiger partial charge is 0.370 e. The van der Waals surface area contributed by atoms with Crippen molar-refractivity contribution in [3.63, 3.8) is 0 Å². The van der Waals surface area contributed by atoms with Gasteiger partial charge >= 0.3 is 0 Å². The third-order valence-electron chi connectivity index (χ3n) is 4.37. The predicted octanol–water partition coefficient (Wildman–Crippen LogP) is 0.0113. The number of hydrogen-bond donors (Lipinski definition) is 2. The molecule has 2 aliphatic rings. The van der Waals surface area contributed by atoms with Crippen LogP contribution in [0.4, 0.5) is 0 Å². The van der Waals surface area contributed by atoms with Crippen LogP contribution in [0.1, 0.15) is 44.9 Å². The Labute approximate surface area is 125 Å². The Bertz CT molecular complexity index is 408. The number of amides is 3. The molecular formula is C13H23N3O3S. The lowest BCUT2D eigenvalue weighted by Crippen LogP contribution is -2.67. The maximum absolute atomic E-state index is 12.3. The van der Waals surface area contributed by atoms with Crippen LogP contribution >= 0.6 is 13.5 Å². The van der Waals surface area contributed by atoms with E-state index in [2.05, 4.69) is 0 Å². The molecule has 0 aromatic rings. The molecule has 1 aliphatic heterocycles. The first-order valence-corrected chi connectivity index (χ1v) is 6.85. The van der Waals surface area contributed by atoms with E-state index in [9.17, 15) is 14.4 Å². The third-order valence-corrected chi connectivity index (χ3v) is 4.37. The van der Waals surface area contributed by atoms with Crippen LogP contribution in [-0.4, -0.2) is 35.2 Å². The standard InChI is InChI=1S/C13H21N3O3.H2S/c14-10(17)5-4-9(11(15)18)16-8-13(12(16)19)6-2-1-3-7-13;/h9H,1-8H2,(H2,14,17)(H2,15,18);1H2/t9-;/m0./s1. The van der Waals surface area contributed by atoms with Crippen molar-refractivity contribution in [1.82, 2.24) is 4.90 Å². The van der Waals surface area contributed by atoms with Crippen LogP contribution in [0.25, 0.3) is 0 Å². The minimum Gasteiger partial charge on any atom is -0.370 e. The fraction of sp³-hybridized carbons (Fsp3) is 0.769. The minimum atomic E-state index is -0.687. The average Bonchev–Trinajstić information content (AvgIpc) is 2.38. The number of rotatable bonds is 5. The van der Waals surface area contributed by atoms with E-state index in [0.29, 0.717) is 6.54 Å². The van der Waals surface area contributed by atoms with E-state index >= 15 is 0 Å². The number of primary amides is 2. The van der Waals surface area contributed by atoms with E-state index in [0.717, 1.165) is 25.7 Å². The second kappa shape index (κ2) is 6.47. The zero-order valence-corrected chi connectivity index (χ0v) is 12.6. The van der Waals surface area contributed by atoms with Crippen LogP contribution in [0.15, 0.2) is 0 Å². The van der Waals surface area contributed by atoms with Crippen molar-refractivity contribution in [2.75, 3.05) is 6.54 Å². The summed E-state index contributed by atoms with van der Waals surface area (Å²) in [6.45, 7) is 0.595. The molecule has 1 aliphatic carbocycles. The molecule has 0 radical (unpaired) electrons. The Morgan fingerprint density at radius 3 is 2.25 bits per heavy atom. The normalized spacial score (nSPS) is 21.8. The number of likely N-dealkylation sites (tertiary alicyclic amines) is 1. The molecule has 0 unspecified atom stereocenters. The lowest BCUT2D eigenvalue weighted by atomic mass is 9.67. The van der Waals surface area contributed by atoms with Gasteiger partial charge in [0.2, 0.25) is 17.7 Å². The van der Waals surface area contributed by atoms with E-state index in [1.165, 1.54) is 11.3 Å². The number of nitrogens with zero attached hydrogens (tertiary/aromatic N) is 1. The summed E-state index contributed by atoms with van der Waals surface area (Å²) in [5.74, 6) is -1.01. The van der Waals surface area contributed by atoms with E-state index in [1.54, 1.807) is 0 Å². The van der Waals surface area contributed by atoms with Gasteiger partial charge in [0.15, 0.2) is 0 Å². The van der Waals surface area contributed by atoms with Crippen molar-refractivity contribution in [1.29, 1.82) is 0 Å². The molecule has 2 fully saturated rings. The van der Waals surface area contributed by atoms with Gasteiger partial charge in [-0.3, -0.25) is 14.4 Å². The molecule has 1 heterocycles. The second-order valence-electron chi connectivity index (χ2n) is 5.70. The highest BCUT2D eigenvalue weighted by Crippen LogP contribution is 2.46. The molecule has 1 saturated carbocycles. The van der Waals surface area contributed by atoms with Gasteiger partial charge in [-0.2, -0.15) is 13.5 Å². The summed E-state index contributed by atoms with van der Waals surface area (Å²) in [7, 11) is 0. The number of β-lactam (4-membered cyclic amide) rings is 1. The quantitative estimate of drug-likeness (QED) is 0.698. The first-order valence-electron chi connectivity index (χ1n) is 6.85. The molecule has 3 amide bonds. The van der Waals surface area contributed by atoms with Crippen molar-refractivity contribution >= 4 is 31.2 Å². The van der Waals surface area contributed by atoms with Crippen molar-refractivity contribution in [3.8, 4) is 0 Å². The Kier molecular flexibility index (Phi) is 5.44. The van der Waals surface area contributed by atoms with E-state index in [-0.39, 0.29) is 37.7 Å². The zero-order valence-electron chi connectivity index (χ0n) is 11.6. The number of hydrogen-bond acceptors (Lipinski definition) is 3. The molecule has 1 spiro atoms. The maximum Gasteiger partial charge on any atom is 0.240 e. The Balaban J connectivity index is 0.00000200. The van der Waals surface area contributed by atoms with Gasteiger partial charge in [-0.15, -0.1) is 0 Å². The lowest BCUT2D eigenvalue weighted by Gasteiger charge is -2.53. The summed E-state index contributed by atoms with van der Waals surface area (Å²) in [6, 6.07) is -0.687. The molecule has 6 nitrogen and oxygen atoms in total. The van der Waals surface area contributed by atoms with E-state index in [4.69, 9.17) is 11.5 Å². The maximum atomic E-state index is 12.3. The molecule has 114 valence electrons. The monoisotopic (exact) mass is 301 g/mol. The highest BCUT2D eigenvalue weighted by Gasteiger charge is 2.54. The van der Waals surface area contributed by atoms with Gasteiger partial charge < -0.3 is 16.4 Å². The summed E-state index contributed by atoms with van der Waals surface area (Å²) in [4.78, 5) is 36.1. The van der Waals surface area contributed by atoms with Gasteiger partial charge in [0.05, 0.1) is 5.41 Å². The summed E-state index contributed by atoms with van der Waals surface area (Å²) in [6.07, 6.45) is 5.43. The fourth-order valence-corrected chi connectivity index (χ4v) is 3.26. The van der Waals surface area contributed by atoms with Crippen molar-refractivity contribution in [3.05, 3.63) is 0 Å². The highest BCUT2D eigenvalue weighted by atomic mass is 32.1. The molecule has 7 heteroatoms. The van der Waals surface area contributed by atoms with Crippen LogP contribution in [0.2, 0.25) is 0 Å². The average molecular weight is 301 g/mol. The summed E-state index contributed by atoms with van der Waals surface area (Å²) < 4.78 is 0. The van der Waals surface area contributed by atoms with Gasteiger partial charge in [-0.25, -0.2) is 0 Å². The van der Waals surface area contributed by atoms with Crippen LogP contribution in [0, 0.1) is 5.41 Å². The summed E-state index contributed by atoms with van der Waals surface area (Å²) in [5, 5.41) is 0.